The number of rotatable bonds is 5. The lowest BCUT2D eigenvalue weighted by Gasteiger charge is -2.22. The Morgan fingerprint density at radius 2 is 1.95 bits per heavy atom. The van der Waals surface area contributed by atoms with Crippen molar-refractivity contribution >= 4 is 33.6 Å². The van der Waals surface area contributed by atoms with E-state index in [2.05, 4.69) is 21.2 Å². The molecule has 1 aliphatic carbocycles. The van der Waals surface area contributed by atoms with E-state index in [4.69, 9.17) is 0 Å². The second-order valence-corrected chi connectivity index (χ2v) is 6.92. The largest absolute Gasteiger partial charge is 0.388 e. The number of nitrogens with one attached hydrogen (secondary N) is 1. The van der Waals surface area contributed by atoms with Gasteiger partial charge in [-0.05, 0) is 37.1 Å². The first-order chi connectivity index (χ1) is 9.07. The Kier molecular flexibility index (Phi) is 5.30. The maximum atomic E-state index is 11.7. The lowest BCUT2D eigenvalue weighted by molar-refractivity contribution is -0.119. The van der Waals surface area contributed by atoms with Crippen molar-refractivity contribution in [2.45, 2.75) is 36.2 Å². The molecule has 1 aliphatic rings. The molecule has 1 amide bonds. The SMILES string of the molecule is O=C(CSc1ccc(Br)cc1)NCC1(O)CCCC1. The van der Waals surface area contributed by atoms with Gasteiger partial charge in [0.25, 0.3) is 0 Å². The molecule has 1 fully saturated rings. The van der Waals surface area contributed by atoms with E-state index >= 15 is 0 Å². The van der Waals surface area contributed by atoms with E-state index in [9.17, 15) is 9.90 Å². The number of halogens is 1. The molecule has 19 heavy (non-hydrogen) atoms. The Bertz CT molecular complexity index is 430. The van der Waals surface area contributed by atoms with Crippen LogP contribution in [0.5, 0.6) is 0 Å². The Hall–Kier alpha value is -0.520. The van der Waals surface area contributed by atoms with E-state index in [1.807, 2.05) is 24.3 Å². The van der Waals surface area contributed by atoms with E-state index in [0.29, 0.717) is 12.3 Å². The maximum absolute atomic E-state index is 11.7. The van der Waals surface area contributed by atoms with Crippen LogP contribution >= 0.6 is 27.7 Å². The van der Waals surface area contributed by atoms with Gasteiger partial charge in [0.05, 0.1) is 11.4 Å². The molecule has 1 aromatic rings. The highest BCUT2D eigenvalue weighted by atomic mass is 79.9. The smallest absolute Gasteiger partial charge is 0.230 e. The van der Waals surface area contributed by atoms with Crippen molar-refractivity contribution in [3.63, 3.8) is 0 Å². The van der Waals surface area contributed by atoms with Crippen LogP contribution in [-0.2, 0) is 4.79 Å². The quantitative estimate of drug-likeness (QED) is 0.808. The topological polar surface area (TPSA) is 49.3 Å². The van der Waals surface area contributed by atoms with Crippen molar-refractivity contribution in [1.82, 2.24) is 5.32 Å². The molecule has 0 spiro atoms. The fourth-order valence-electron chi connectivity index (χ4n) is 2.20. The molecule has 0 unspecified atom stereocenters. The second-order valence-electron chi connectivity index (χ2n) is 4.95. The molecule has 0 atom stereocenters. The van der Waals surface area contributed by atoms with Crippen molar-refractivity contribution in [2.24, 2.45) is 0 Å². The van der Waals surface area contributed by atoms with Crippen LogP contribution < -0.4 is 5.32 Å². The van der Waals surface area contributed by atoms with Gasteiger partial charge in [-0.1, -0.05) is 28.8 Å². The number of hydrogen-bond donors (Lipinski definition) is 2. The zero-order valence-corrected chi connectivity index (χ0v) is 13.1. The molecule has 0 radical (unpaired) electrons. The predicted molar refractivity (Wildman–Crippen MR) is 81.3 cm³/mol. The van der Waals surface area contributed by atoms with Gasteiger partial charge in [0.15, 0.2) is 0 Å². The van der Waals surface area contributed by atoms with Crippen molar-refractivity contribution in [3.8, 4) is 0 Å². The number of benzene rings is 1. The zero-order valence-electron chi connectivity index (χ0n) is 10.7. The fourth-order valence-corrected chi connectivity index (χ4v) is 3.20. The highest BCUT2D eigenvalue weighted by molar-refractivity contribution is 9.10. The lowest BCUT2D eigenvalue weighted by Crippen LogP contribution is -2.41. The molecular weight excluding hydrogens is 326 g/mol. The number of hydrogen-bond acceptors (Lipinski definition) is 3. The summed E-state index contributed by atoms with van der Waals surface area (Å²) in [6, 6.07) is 7.88. The molecular formula is C14H18BrNO2S. The Balaban J connectivity index is 1.71. The van der Waals surface area contributed by atoms with Gasteiger partial charge in [-0.25, -0.2) is 0 Å². The number of amides is 1. The number of carbonyl (C=O) groups excluding carboxylic acids is 1. The fraction of sp³-hybridized carbons (Fsp3) is 0.500. The Labute approximate surface area is 126 Å². The minimum Gasteiger partial charge on any atom is -0.388 e. The maximum Gasteiger partial charge on any atom is 0.230 e. The molecule has 0 aromatic heterocycles. The van der Waals surface area contributed by atoms with E-state index in [0.717, 1.165) is 35.1 Å². The molecule has 3 nitrogen and oxygen atoms in total. The average molecular weight is 344 g/mol. The normalized spacial score (nSPS) is 17.4. The summed E-state index contributed by atoms with van der Waals surface area (Å²) >= 11 is 4.88. The summed E-state index contributed by atoms with van der Waals surface area (Å²) in [5, 5.41) is 13.0. The first kappa shape index (κ1) is 14.9. The van der Waals surface area contributed by atoms with Crippen LogP contribution in [0.25, 0.3) is 0 Å². The van der Waals surface area contributed by atoms with Crippen LogP contribution in [0.4, 0.5) is 0 Å². The van der Waals surface area contributed by atoms with Crippen molar-refractivity contribution in [2.75, 3.05) is 12.3 Å². The molecule has 0 heterocycles. The third-order valence-electron chi connectivity index (χ3n) is 3.33. The Morgan fingerprint density at radius 1 is 1.32 bits per heavy atom. The van der Waals surface area contributed by atoms with Gasteiger partial charge in [0, 0.05) is 15.9 Å². The first-order valence-electron chi connectivity index (χ1n) is 6.45. The monoisotopic (exact) mass is 343 g/mol. The van der Waals surface area contributed by atoms with Crippen LogP contribution in [0.3, 0.4) is 0 Å². The van der Waals surface area contributed by atoms with Crippen molar-refractivity contribution < 1.29 is 9.90 Å². The zero-order chi connectivity index (χ0) is 13.7. The van der Waals surface area contributed by atoms with Gasteiger partial charge in [-0.3, -0.25) is 4.79 Å². The lowest BCUT2D eigenvalue weighted by atomic mass is 10.0. The first-order valence-corrected chi connectivity index (χ1v) is 8.23. The van der Waals surface area contributed by atoms with E-state index < -0.39 is 5.60 Å². The summed E-state index contributed by atoms with van der Waals surface area (Å²) < 4.78 is 1.03. The van der Waals surface area contributed by atoms with Gasteiger partial charge in [0.2, 0.25) is 5.91 Å². The minimum absolute atomic E-state index is 0.0201. The standard InChI is InChI=1S/C14H18BrNO2S/c15-11-3-5-12(6-4-11)19-9-13(17)16-10-14(18)7-1-2-8-14/h3-6,18H,1-2,7-10H2,(H,16,17). The van der Waals surface area contributed by atoms with Crippen molar-refractivity contribution in [1.29, 1.82) is 0 Å². The summed E-state index contributed by atoms with van der Waals surface area (Å²) in [5.74, 6) is 0.366. The van der Waals surface area contributed by atoms with Gasteiger partial charge in [-0.15, -0.1) is 11.8 Å². The highest BCUT2D eigenvalue weighted by Gasteiger charge is 2.31. The molecule has 1 aromatic carbocycles. The second kappa shape index (κ2) is 6.77. The highest BCUT2D eigenvalue weighted by Crippen LogP contribution is 2.28. The third kappa shape index (κ3) is 4.82. The van der Waals surface area contributed by atoms with Crippen LogP contribution in [0.2, 0.25) is 0 Å². The Morgan fingerprint density at radius 3 is 2.58 bits per heavy atom. The minimum atomic E-state index is -0.669. The summed E-state index contributed by atoms with van der Waals surface area (Å²) in [6.45, 7) is 0.382. The number of thioether (sulfide) groups is 1. The molecule has 0 aliphatic heterocycles. The average Bonchev–Trinajstić information content (AvgIpc) is 2.83. The number of carbonyl (C=O) groups is 1. The van der Waals surface area contributed by atoms with E-state index in [1.54, 1.807) is 0 Å². The summed E-state index contributed by atoms with van der Waals surface area (Å²) in [7, 11) is 0. The molecule has 1 saturated carbocycles. The van der Waals surface area contributed by atoms with Crippen LogP contribution in [-0.4, -0.2) is 28.9 Å². The molecule has 5 heteroatoms. The molecule has 0 saturated heterocycles. The summed E-state index contributed by atoms with van der Waals surface area (Å²) in [4.78, 5) is 12.8. The van der Waals surface area contributed by atoms with Crippen molar-refractivity contribution in [3.05, 3.63) is 28.7 Å². The van der Waals surface area contributed by atoms with Crippen LogP contribution in [0.15, 0.2) is 33.6 Å². The predicted octanol–water partition coefficient (Wildman–Crippen LogP) is 2.96. The molecule has 104 valence electrons. The van der Waals surface area contributed by atoms with Gasteiger partial charge < -0.3 is 10.4 Å². The molecule has 2 N–H and O–H groups in total. The van der Waals surface area contributed by atoms with E-state index in [-0.39, 0.29) is 5.91 Å². The molecule has 2 rings (SSSR count). The number of aliphatic hydroxyl groups is 1. The molecule has 0 bridgehead atoms. The van der Waals surface area contributed by atoms with E-state index in [1.165, 1.54) is 11.8 Å². The van der Waals surface area contributed by atoms with Crippen LogP contribution in [0, 0.1) is 0 Å². The van der Waals surface area contributed by atoms with Gasteiger partial charge in [-0.2, -0.15) is 0 Å². The third-order valence-corrected chi connectivity index (χ3v) is 4.87. The van der Waals surface area contributed by atoms with Gasteiger partial charge >= 0.3 is 0 Å². The summed E-state index contributed by atoms with van der Waals surface area (Å²) in [6.07, 6.45) is 3.71. The van der Waals surface area contributed by atoms with Crippen LogP contribution in [0.1, 0.15) is 25.7 Å². The summed E-state index contributed by atoms with van der Waals surface area (Å²) in [5.41, 5.74) is -0.669. The van der Waals surface area contributed by atoms with Gasteiger partial charge in [0.1, 0.15) is 0 Å².